The summed E-state index contributed by atoms with van der Waals surface area (Å²) in [7, 11) is 1.87. The van der Waals surface area contributed by atoms with E-state index in [4.69, 9.17) is 0 Å². The van der Waals surface area contributed by atoms with E-state index in [2.05, 4.69) is 22.2 Å². The Labute approximate surface area is 168 Å². The number of benzene rings is 1. The molecule has 158 valence electrons. The van der Waals surface area contributed by atoms with Gasteiger partial charge in [0.1, 0.15) is 12.0 Å². The number of pyridine rings is 1. The van der Waals surface area contributed by atoms with Crippen LogP contribution in [0.2, 0.25) is 0 Å². The average molecular weight is 410 g/mol. The van der Waals surface area contributed by atoms with Gasteiger partial charge in [0.15, 0.2) is 0 Å². The van der Waals surface area contributed by atoms with Crippen molar-refractivity contribution in [3.05, 3.63) is 36.5 Å². The number of alkyl halides is 4. The van der Waals surface area contributed by atoms with Crippen molar-refractivity contribution in [1.82, 2.24) is 9.88 Å². The van der Waals surface area contributed by atoms with Gasteiger partial charge in [0.05, 0.1) is 17.3 Å². The smallest absolute Gasteiger partial charge is 0.379 e. The third-order valence-electron chi connectivity index (χ3n) is 5.14. The topological polar surface area (TPSA) is 40.2 Å². The molecule has 1 aromatic carbocycles. The Morgan fingerprint density at radius 2 is 2.07 bits per heavy atom. The van der Waals surface area contributed by atoms with Crippen LogP contribution in [0.4, 0.5) is 29.1 Å². The number of aromatic nitrogens is 1. The number of likely N-dealkylation sites (tertiary alicyclic amines) is 1. The van der Waals surface area contributed by atoms with Crippen LogP contribution in [0.15, 0.2) is 30.8 Å². The van der Waals surface area contributed by atoms with E-state index in [1.807, 2.05) is 18.9 Å². The number of rotatable bonds is 6. The van der Waals surface area contributed by atoms with Crippen molar-refractivity contribution in [3.63, 3.8) is 0 Å². The fourth-order valence-electron chi connectivity index (χ4n) is 3.53. The molecular formula is C21H26F4N4. The number of fused-ring (bicyclic) bond motifs is 1. The molecule has 2 atom stereocenters. The second kappa shape index (κ2) is 8.57. The van der Waals surface area contributed by atoms with Crippen LogP contribution in [0.1, 0.15) is 25.5 Å². The lowest BCUT2D eigenvalue weighted by atomic mass is 10.00. The zero-order valence-corrected chi connectivity index (χ0v) is 16.6. The minimum atomic E-state index is -4.59. The first-order valence-corrected chi connectivity index (χ1v) is 9.74. The van der Waals surface area contributed by atoms with Gasteiger partial charge in [0, 0.05) is 36.1 Å². The predicted octanol–water partition coefficient (Wildman–Crippen LogP) is 5.09. The Hall–Kier alpha value is -2.35. The van der Waals surface area contributed by atoms with Gasteiger partial charge < -0.3 is 15.5 Å². The van der Waals surface area contributed by atoms with E-state index in [0.29, 0.717) is 41.8 Å². The molecule has 1 fully saturated rings. The molecule has 0 unspecified atom stereocenters. The van der Waals surface area contributed by atoms with Crippen molar-refractivity contribution in [3.8, 4) is 0 Å². The second-order valence-corrected chi connectivity index (χ2v) is 7.48. The summed E-state index contributed by atoms with van der Waals surface area (Å²) >= 11 is 0. The zero-order chi connectivity index (χ0) is 21.2. The van der Waals surface area contributed by atoms with Crippen LogP contribution < -0.4 is 10.6 Å². The molecule has 2 N–H and O–H groups in total. The van der Waals surface area contributed by atoms with Crippen LogP contribution in [0.25, 0.3) is 16.3 Å². The molecule has 2 aromatic rings. The maximum atomic E-state index is 14.5. The van der Waals surface area contributed by atoms with Crippen molar-refractivity contribution < 1.29 is 17.6 Å². The number of hydrogen-bond acceptors (Lipinski definition) is 4. The van der Waals surface area contributed by atoms with Gasteiger partial charge in [0.25, 0.3) is 0 Å². The summed E-state index contributed by atoms with van der Waals surface area (Å²) in [5.74, 6) is 0.342. The lowest BCUT2D eigenvalue weighted by Crippen LogP contribution is -2.46. The summed E-state index contributed by atoms with van der Waals surface area (Å²) in [5, 5.41) is 7.16. The number of nitrogens with zero attached hydrogens (tertiary/aromatic N) is 2. The van der Waals surface area contributed by atoms with Gasteiger partial charge in [-0.1, -0.05) is 25.6 Å². The first-order chi connectivity index (χ1) is 13.7. The van der Waals surface area contributed by atoms with Gasteiger partial charge in [-0.15, -0.1) is 0 Å². The molecule has 8 heteroatoms. The Morgan fingerprint density at radius 1 is 1.31 bits per heavy atom. The van der Waals surface area contributed by atoms with Crippen molar-refractivity contribution in [2.75, 3.05) is 37.3 Å². The molecule has 0 bridgehead atoms. The average Bonchev–Trinajstić information content (AvgIpc) is 2.67. The summed E-state index contributed by atoms with van der Waals surface area (Å²) in [6.07, 6.45) is -4.24. The van der Waals surface area contributed by atoms with E-state index in [1.54, 1.807) is 24.3 Å². The van der Waals surface area contributed by atoms with E-state index in [0.717, 1.165) is 13.0 Å². The maximum Gasteiger partial charge on any atom is 0.417 e. The molecule has 0 saturated carbocycles. The first kappa shape index (κ1) is 21.4. The summed E-state index contributed by atoms with van der Waals surface area (Å²) in [4.78, 5) is 6.10. The molecule has 3 rings (SSSR count). The Kier molecular flexibility index (Phi) is 6.31. The quantitative estimate of drug-likeness (QED) is 0.651. The fraction of sp³-hybridized carbons (Fsp3) is 0.476. The van der Waals surface area contributed by atoms with Gasteiger partial charge in [-0.25, -0.2) is 9.37 Å². The fourth-order valence-corrected chi connectivity index (χ4v) is 3.53. The molecule has 0 amide bonds. The predicted molar refractivity (Wildman–Crippen MR) is 110 cm³/mol. The van der Waals surface area contributed by atoms with Crippen molar-refractivity contribution in [1.29, 1.82) is 0 Å². The highest BCUT2D eigenvalue weighted by Gasteiger charge is 2.35. The summed E-state index contributed by atoms with van der Waals surface area (Å²) < 4.78 is 54.6. The highest BCUT2D eigenvalue weighted by molar-refractivity contribution is 6.01. The largest absolute Gasteiger partial charge is 0.417 e. The molecule has 1 aliphatic heterocycles. The molecule has 0 radical (unpaired) electrons. The molecule has 0 aliphatic carbocycles. The summed E-state index contributed by atoms with van der Waals surface area (Å²) in [5.41, 5.74) is -0.613. The monoisotopic (exact) mass is 410 g/mol. The van der Waals surface area contributed by atoms with E-state index in [9.17, 15) is 17.6 Å². The lowest BCUT2D eigenvalue weighted by Gasteiger charge is -2.33. The molecular weight excluding hydrogens is 384 g/mol. The minimum absolute atomic E-state index is 0.211. The number of nitrogens with one attached hydrogen (secondary N) is 2. The Morgan fingerprint density at radius 3 is 2.72 bits per heavy atom. The Bertz CT molecular complexity index is 881. The highest BCUT2D eigenvalue weighted by atomic mass is 19.4. The maximum absolute atomic E-state index is 14.5. The number of piperidine rings is 1. The third-order valence-corrected chi connectivity index (χ3v) is 5.14. The molecule has 4 nitrogen and oxygen atoms in total. The second-order valence-electron chi connectivity index (χ2n) is 7.48. The van der Waals surface area contributed by atoms with Gasteiger partial charge in [0.2, 0.25) is 0 Å². The SMILES string of the molecule is C=C(c1nc(NCCC)cc2c(N[C@H]3CCN(C)C[C@@H]3F)cccc12)C(F)(F)F. The number of hydrogen-bond donors (Lipinski definition) is 2. The lowest BCUT2D eigenvalue weighted by molar-refractivity contribution is -0.0688. The number of allylic oxidation sites excluding steroid dienone is 1. The number of halogens is 4. The standard InChI is InChI=1S/C21H26F4N4/c1-4-9-26-19-11-15-14(20(28-19)13(2)21(23,24)25)6-5-7-17(15)27-18-8-10-29(3)12-16(18)22/h5-7,11,16,18,27H,2,4,8-10,12H2,1,3H3,(H,26,28)/t16-,18-/m0/s1. The van der Waals surface area contributed by atoms with Crippen LogP contribution in [0.5, 0.6) is 0 Å². The van der Waals surface area contributed by atoms with Crippen molar-refractivity contribution in [2.24, 2.45) is 0 Å². The first-order valence-electron chi connectivity index (χ1n) is 9.74. The van der Waals surface area contributed by atoms with Crippen molar-refractivity contribution >= 4 is 27.9 Å². The molecule has 1 aromatic heterocycles. The van der Waals surface area contributed by atoms with Crippen LogP contribution in [0.3, 0.4) is 0 Å². The molecule has 1 aliphatic rings. The Balaban J connectivity index is 2.06. The minimum Gasteiger partial charge on any atom is -0.379 e. The highest BCUT2D eigenvalue weighted by Crippen LogP contribution is 2.38. The van der Waals surface area contributed by atoms with E-state index < -0.39 is 24.0 Å². The van der Waals surface area contributed by atoms with E-state index >= 15 is 0 Å². The molecule has 0 spiro atoms. The van der Waals surface area contributed by atoms with Gasteiger partial charge >= 0.3 is 6.18 Å². The molecule has 2 heterocycles. The van der Waals surface area contributed by atoms with Crippen LogP contribution in [-0.4, -0.2) is 55.0 Å². The van der Waals surface area contributed by atoms with Gasteiger partial charge in [-0.2, -0.15) is 13.2 Å². The van der Waals surface area contributed by atoms with Gasteiger partial charge in [-0.3, -0.25) is 0 Å². The van der Waals surface area contributed by atoms with Crippen LogP contribution in [-0.2, 0) is 0 Å². The zero-order valence-electron chi connectivity index (χ0n) is 16.6. The van der Waals surface area contributed by atoms with Crippen LogP contribution >= 0.6 is 0 Å². The number of anilines is 2. The summed E-state index contributed by atoms with van der Waals surface area (Å²) in [6.45, 7) is 6.84. The molecule has 1 saturated heterocycles. The normalized spacial score (nSPS) is 20.6. The van der Waals surface area contributed by atoms with E-state index in [-0.39, 0.29) is 5.69 Å². The molecule has 29 heavy (non-hydrogen) atoms. The van der Waals surface area contributed by atoms with Crippen LogP contribution in [0, 0.1) is 0 Å². The van der Waals surface area contributed by atoms with Crippen molar-refractivity contribution in [2.45, 2.75) is 38.2 Å². The summed E-state index contributed by atoms with van der Waals surface area (Å²) in [6, 6.07) is 6.32. The van der Waals surface area contributed by atoms with E-state index in [1.165, 1.54) is 0 Å². The van der Waals surface area contributed by atoms with Gasteiger partial charge in [-0.05, 0) is 32.0 Å². The third kappa shape index (κ3) is 4.80.